The van der Waals surface area contributed by atoms with Gasteiger partial charge < -0.3 is 19.1 Å². The fourth-order valence-electron chi connectivity index (χ4n) is 4.76. The quantitative estimate of drug-likeness (QED) is 0.310. The second kappa shape index (κ2) is 10.2. The highest BCUT2D eigenvalue weighted by atomic mass is 19.1. The maximum Gasteiger partial charge on any atom is 0.171 e. The van der Waals surface area contributed by atoms with Crippen LogP contribution in [0.4, 0.5) is 4.39 Å². The number of ether oxygens (including phenoxy) is 3. The maximum absolute atomic E-state index is 16.6. The van der Waals surface area contributed by atoms with Crippen molar-refractivity contribution in [2.24, 2.45) is 5.41 Å². The molecule has 0 amide bonds. The minimum atomic E-state index is -0.349. The summed E-state index contributed by atoms with van der Waals surface area (Å²) in [6.07, 6.45) is 5.08. The molecule has 1 fully saturated rings. The third-order valence-corrected chi connectivity index (χ3v) is 6.61. The van der Waals surface area contributed by atoms with Crippen LogP contribution in [0.5, 0.6) is 11.5 Å². The van der Waals surface area contributed by atoms with Crippen molar-refractivity contribution in [2.45, 2.75) is 53.5 Å². The number of allylic oxidation sites excluding steroid dienone is 3. The molecule has 1 saturated heterocycles. The van der Waals surface area contributed by atoms with Gasteiger partial charge in [-0.25, -0.2) is 4.39 Å². The van der Waals surface area contributed by atoms with Gasteiger partial charge in [0.1, 0.15) is 11.6 Å². The van der Waals surface area contributed by atoms with E-state index in [1.165, 1.54) is 7.11 Å². The smallest absolute Gasteiger partial charge is 0.171 e. The molecule has 5 heteroatoms. The number of nitrogens with zero attached hydrogens (tertiary/aromatic N) is 1. The largest absolute Gasteiger partial charge is 0.494 e. The Morgan fingerprint density at radius 1 is 1.17 bits per heavy atom. The highest BCUT2D eigenvalue weighted by Gasteiger charge is 2.38. The SMILES string of the molecule is C=C1C/C(=C(/F)c2c(C)ccc(OC)c2OC)C2=CC(=C)C(C(=C)OCC)=CN2C(C(C)(C)C)C1. The van der Waals surface area contributed by atoms with Crippen LogP contribution in [0.2, 0.25) is 0 Å². The van der Waals surface area contributed by atoms with Crippen molar-refractivity contribution in [3.63, 3.8) is 0 Å². The molecule has 2 aliphatic rings. The predicted molar refractivity (Wildman–Crippen MR) is 142 cm³/mol. The van der Waals surface area contributed by atoms with Gasteiger partial charge in [0, 0.05) is 29.1 Å². The molecule has 0 spiro atoms. The molecule has 0 aromatic heterocycles. The first kappa shape index (κ1) is 26.4. The van der Waals surface area contributed by atoms with Crippen molar-refractivity contribution in [1.29, 1.82) is 0 Å². The number of hydrogen-bond acceptors (Lipinski definition) is 4. The van der Waals surface area contributed by atoms with Gasteiger partial charge in [-0.05, 0) is 55.4 Å². The Hall–Kier alpha value is -3.21. The van der Waals surface area contributed by atoms with Gasteiger partial charge in [-0.15, -0.1) is 0 Å². The number of fused-ring (bicyclic) bond motifs is 1. The van der Waals surface area contributed by atoms with Gasteiger partial charge in [-0.1, -0.05) is 52.1 Å². The molecule has 0 radical (unpaired) electrons. The van der Waals surface area contributed by atoms with Crippen molar-refractivity contribution in [3.05, 3.63) is 89.0 Å². The standard InChI is InChI=1S/C30H38FNO3/c1-11-35-21(5)23-17-32-24(16-20(23)4)22(14-18(2)15-26(32)30(6,7)8)28(31)27-19(3)12-13-25(33-9)29(27)34-10/h12-13,16-17,26H,2,4-5,11,14-15H2,1,3,6-10H3/b28-22-. The molecule has 2 heterocycles. The molecule has 4 nitrogen and oxygen atoms in total. The van der Waals surface area contributed by atoms with Crippen LogP contribution in [0.25, 0.3) is 5.83 Å². The van der Waals surface area contributed by atoms with E-state index in [9.17, 15) is 0 Å². The van der Waals surface area contributed by atoms with E-state index in [1.54, 1.807) is 13.2 Å². The van der Waals surface area contributed by atoms with E-state index in [-0.39, 0.29) is 17.3 Å². The van der Waals surface area contributed by atoms with Crippen LogP contribution in [0.15, 0.2) is 77.9 Å². The van der Waals surface area contributed by atoms with E-state index >= 15 is 4.39 Å². The van der Waals surface area contributed by atoms with Crippen LogP contribution in [0.3, 0.4) is 0 Å². The van der Waals surface area contributed by atoms with Crippen LogP contribution in [0.1, 0.15) is 51.7 Å². The van der Waals surface area contributed by atoms with E-state index in [4.69, 9.17) is 14.2 Å². The van der Waals surface area contributed by atoms with E-state index in [0.29, 0.717) is 41.4 Å². The summed E-state index contributed by atoms with van der Waals surface area (Å²) in [5, 5.41) is 0. The monoisotopic (exact) mass is 479 g/mol. The van der Waals surface area contributed by atoms with Crippen LogP contribution >= 0.6 is 0 Å². The Labute approximate surface area is 209 Å². The number of aryl methyl sites for hydroxylation is 1. The molecule has 1 unspecified atom stereocenters. The first-order valence-electron chi connectivity index (χ1n) is 11.9. The second-order valence-corrected chi connectivity index (χ2v) is 10.2. The lowest BCUT2D eigenvalue weighted by atomic mass is 9.82. The third kappa shape index (κ3) is 5.09. The Bertz CT molecular complexity index is 1150. The molecule has 35 heavy (non-hydrogen) atoms. The highest BCUT2D eigenvalue weighted by Crippen LogP contribution is 2.47. The average molecular weight is 480 g/mol. The lowest BCUT2D eigenvalue weighted by molar-refractivity contribution is 0.178. The molecular weight excluding hydrogens is 441 g/mol. The lowest BCUT2D eigenvalue weighted by Crippen LogP contribution is -2.41. The van der Waals surface area contributed by atoms with Gasteiger partial charge in [0.05, 0.1) is 26.4 Å². The van der Waals surface area contributed by atoms with Crippen molar-refractivity contribution < 1.29 is 18.6 Å². The summed E-state index contributed by atoms with van der Waals surface area (Å²) in [6.45, 7) is 23.5. The fraction of sp³-hybridized carbons (Fsp3) is 0.400. The first-order valence-corrected chi connectivity index (χ1v) is 11.9. The molecule has 2 aliphatic heterocycles. The van der Waals surface area contributed by atoms with Gasteiger partial charge in [-0.3, -0.25) is 0 Å². The number of rotatable bonds is 6. The summed E-state index contributed by atoms with van der Waals surface area (Å²) < 4.78 is 33.4. The summed E-state index contributed by atoms with van der Waals surface area (Å²) >= 11 is 0. The summed E-state index contributed by atoms with van der Waals surface area (Å²) in [5.41, 5.74) is 4.88. The molecule has 188 valence electrons. The molecule has 3 rings (SSSR count). The number of halogens is 1. The number of benzene rings is 1. The van der Waals surface area contributed by atoms with E-state index < -0.39 is 0 Å². The zero-order valence-corrected chi connectivity index (χ0v) is 22.2. The first-order chi connectivity index (χ1) is 16.4. The predicted octanol–water partition coefficient (Wildman–Crippen LogP) is 7.65. The van der Waals surface area contributed by atoms with Crippen molar-refractivity contribution >= 4 is 5.83 Å². The second-order valence-electron chi connectivity index (χ2n) is 10.2. The summed E-state index contributed by atoms with van der Waals surface area (Å²) in [7, 11) is 3.08. The zero-order valence-electron chi connectivity index (χ0n) is 22.2. The number of methoxy groups -OCH3 is 2. The lowest BCUT2D eigenvalue weighted by Gasteiger charge is -2.42. The summed E-state index contributed by atoms with van der Waals surface area (Å²) in [5.74, 6) is 1.07. The molecule has 0 N–H and O–H groups in total. The van der Waals surface area contributed by atoms with E-state index in [0.717, 1.165) is 34.4 Å². The molecule has 0 bridgehead atoms. The molecular formula is C30H38FNO3. The van der Waals surface area contributed by atoms with E-state index in [2.05, 4.69) is 45.4 Å². The normalized spacial score (nSPS) is 19.9. The molecule has 0 saturated carbocycles. The number of hydrogen-bond donors (Lipinski definition) is 0. The van der Waals surface area contributed by atoms with Crippen molar-refractivity contribution in [2.75, 3.05) is 20.8 Å². The van der Waals surface area contributed by atoms with Gasteiger partial charge in [0.25, 0.3) is 0 Å². The van der Waals surface area contributed by atoms with Crippen LogP contribution in [-0.2, 0) is 4.74 Å². The van der Waals surface area contributed by atoms with Crippen molar-refractivity contribution in [3.8, 4) is 11.5 Å². The Morgan fingerprint density at radius 3 is 2.43 bits per heavy atom. The molecule has 1 aromatic carbocycles. The van der Waals surface area contributed by atoms with E-state index in [1.807, 2.05) is 32.2 Å². The maximum atomic E-state index is 16.6. The molecule has 1 aromatic rings. The van der Waals surface area contributed by atoms with Gasteiger partial charge >= 0.3 is 0 Å². The molecule has 0 aliphatic carbocycles. The van der Waals surface area contributed by atoms with Gasteiger partial charge in [0.15, 0.2) is 11.5 Å². The minimum absolute atomic E-state index is 0.0531. The average Bonchev–Trinajstić information content (AvgIpc) is 2.94. The Balaban J connectivity index is 2.30. The van der Waals surface area contributed by atoms with Crippen LogP contribution < -0.4 is 9.47 Å². The van der Waals surface area contributed by atoms with Crippen molar-refractivity contribution in [1.82, 2.24) is 4.90 Å². The Morgan fingerprint density at radius 2 is 1.86 bits per heavy atom. The summed E-state index contributed by atoms with van der Waals surface area (Å²) in [4.78, 5) is 2.16. The van der Waals surface area contributed by atoms with Crippen LogP contribution in [0, 0.1) is 12.3 Å². The third-order valence-electron chi connectivity index (χ3n) is 6.61. The fourth-order valence-corrected chi connectivity index (χ4v) is 4.76. The topological polar surface area (TPSA) is 30.9 Å². The van der Waals surface area contributed by atoms with Crippen LogP contribution in [-0.4, -0.2) is 31.8 Å². The molecule has 1 atom stereocenters. The Kier molecular flexibility index (Phi) is 7.68. The highest BCUT2D eigenvalue weighted by molar-refractivity contribution is 5.77. The zero-order chi connectivity index (χ0) is 26.1. The van der Waals surface area contributed by atoms with Gasteiger partial charge in [-0.2, -0.15) is 0 Å². The summed E-state index contributed by atoms with van der Waals surface area (Å²) in [6, 6.07) is 3.69. The van der Waals surface area contributed by atoms with Gasteiger partial charge in [0.2, 0.25) is 0 Å². The minimum Gasteiger partial charge on any atom is -0.494 e.